The molecule has 1 fully saturated rings. The highest BCUT2D eigenvalue weighted by atomic mass is 35.5. The summed E-state index contributed by atoms with van der Waals surface area (Å²) in [5, 5.41) is 10.3. The first-order valence-electron chi connectivity index (χ1n) is 8.88. The molecular formula is C20H27Cl2N3O2-2. The summed E-state index contributed by atoms with van der Waals surface area (Å²) in [6.45, 7) is 8.83. The highest BCUT2D eigenvalue weighted by molar-refractivity contribution is 5.38. The molecule has 3 rings (SSSR count). The zero-order valence-electron chi connectivity index (χ0n) is 15.8. The maximum atomic E-state index is 10.3. The van der Waals surface area contributed by atoms with Gasteiger partial charge in [0.25, 0.3) is 0 Å². The molecule has 7 heteroatoms. The van der Waals surface area contributed by atoms with E-state index >= 15 is 0 Å². The number of aromatic nitrogens is 1. The van der Waals surface area contributed by atoms with Gasteiger partial charge in [-0.15, -0.1) is 0 Å². The Morgan fingerprint density at radius 2 is 1.78 bits per heavy atom. The van der Waals surface area contributed by atoms with Crippen LogP contribution in [0.2, 0.25) is 0 Å². The molecule has 1 aromatic carbocycles. The molecule has 1 aliphatic rings. The van der Waals surface area contributed by atoms with Gasteiger partial charge in [-0.1, -0.05) is 12.1 Å². The molecule has 0 spiro atoms. The van der Waals surface area contributed by atoms with Crippen molar-refractivity contribution in [2.24, 2.45) is 0 Å². The number of aliphatic hydroxyl groups is 1. The van der Waals surface area contributed by atoms with Crippen LogP contribution in [0.4, 0.5) is 5.82 Å². The molecule has 150 valence electrons. The Morgan fingerprint density at radius 1 is 1.04 bits per heavy atom. The van der Waals surface area contributed by atoms with E-state index in [2.05, 4.69) is 28.6 Å². The lowest BCUT2D eigenvalue weighted by Crippen LogP contribution is -3.00. The number of anilines is 1. The fourth-order valence-electron chi connectivity index (χ4n) is 3.05. The molecule has 2 heterocycles. The van der Waals surface area contributed by atoms with Crippen LogP contribution in [0.1, 0.15) is 11.1 Å². The van der Waals surface area contributed by atoms with Crippen LogP contribution in [0, 0.1) is 13.8 Å². The standard InChI is InChI=1S/C20H27N3O2.2ClH/c1-16-6-7-19(13-17(16)2)25-15-18(24)14-22-9-11-23(12-10-22)20-5-3-4-8-21-20;;/h3-8,13,18,24H,9-12,14-15H2,1-2H3;2*1H/p-2. The van der Waals surface area contributed by atoms with E-state index in [-0.39, 0.29) is 24.8 Å². The predicted molar refractivity (Wildman–Crippen MR) is 100 cm³/mol. The number of benzene rings is 1. The lowest BCUT2D eigenvalue weighted by Gasteiger charge is -2.36. The van der Waals surface area contributed by atoms with Crippen LogP contribution in [-0.2, 0) is 0 Å². The van der Waals surface area contributed by atoms with E-state index in [4.69, 9.17) is 4.74 Å². The van der Waals surface area contributed by atoms with Gasteiger partial charge in [0.2, 0.25) is 0 Å². The molecule has 0 aliphatic carbocycles. The number of rotatable bonds is 6. The monoisotopic (exact) mass is 411 g/mol. The lowest BCUT2D eigenvalue weighted by atomic mass is 10.1. The van der Waals surface area contributed by atoms with Crippen LogP contribution in [0.3, 0.4) is 0 Å². The molecule has 1 atom stereocenters. The number of β-amino-alcohol motifs (C(OH)–C–C–N with tert-alkyl or cyclic N) is 1. The first kappa shape index (κ1) is 23.5. The Bertz CT molecular complexity index is 680. The summed E-state index contributed by atoms with van der Waals surface area (Å²) in [6.07, 6.45) is 1.35. The van der Waals surface area contributed by atoms with Crippen LogP contribution < -0.4 is 34.5 Å². The summed E-state index contributed by atoms with van der Waals surface area (Å²) in [4.78, 5) is 8.97. The Labute approximate surface area is 174 Å². The second kappa shape index (κ2) is 11.3. The van der Waals surface area contributed by atoms with Crippen molar-refractivity contribution in [3.63, 3.8) is 0 Å². The summed E-state index contributed by atoms with van der Waals surface area (Å²) in [7, 11) is 0. The van der Waals surface area contributed by atoms with Gasteiger partial charge in [-0.25, -0.2) is 4.98 Å². The minimum atomic E-state index is -0.483. The van der Waals surface area contributed by atoms with Gasteiger partial charge in [-0.05, 0) is 49.2 Å². The number of aryl methyl sites for hydroxylation is 2. The molecule has 1 aromatic heterocycles. The minimum Gasteiger partial charge on any atom is -1.00 e. The number of aliphatic hydroxyl groups excluding tert-OH is 1. The third-order valence-corrected chi connectivity index (χ3v) is 4.74. The Morgan fingerprint density at radius 3 is 2.41 bits per heavy atom. The lowest BCUT2D eigenvalue weighted by molar-refractivity contribution is -0.00100. The average Bonchev–Trinajstić information content (AvgIpc) is 2.64. The Hall–Kier alpha value is -1.53. The maximum absolute atomic E-state index is 10.3. The second-order valence-corrected chi connectivity index (χ2v) is 6.69. The number of pyridine rings is 1. The first-order chi connectivity index (χ1) is 12.1. The molecule has 1 aliphatic heterocycles. The maximum Gasteiger partial charge on any atom is 0.128 e. The molecule has 1 saturated heterocycles. The Balaban J connectivity index is 0.00000182. The Kier molecular flexibility index (Phi) is 9.88. The number of hydrogen-bond donors (Lipinski definition) is 1. The number of ether oxygens (including phenoxy) is 1. The number of nitrogens with zero attached hydrogens (tertiary/aromatic N) is 3. The average molecular weight is 412 g/mol. The molecule has 1 N–H and O–H groups in total. The van der Waals surface area contributed by atoms with Gasteiger partial charge in [-0.3, -0.25) is 4.90 Å². The van der Waals surface area contributed by atoms with E-state index in [1.165, 1.54) is 11.1 Å². The first-order valence-corrected chi connectivity index (χ1v) is 8.88. The number of halogens is 2. The molecule has 0 amide bonds. The number of piperazine rings is 1. The van der Waals surface area contributed by atoms with Gasteiger partial charge in [0, 0.05) is 38.9 Å². The highest BCUT2D eigenvalue weighted by Gasteiger charge is 2.20. The van der Waals surface area contributed by atoms with Crippen molar-refractivity contribution in [3.05, 3.63) is 53.7 Å². The van der Waals surface area contributed by atoms with E-state index < -0.39 is 6.10 Å². The van der Waals surface area contributed by atoms with Gasteiger partial charge in [0.15, 0.2) is 0 Å². The molecule has 1 unspecified atom stereocenters. The molecule has 0 bridgehead atoms. The smallest absolute Gasteiger partial charge is 0.128 e. The third-order valence-electron chi connectivity index (χ3n) is 4.74. The van der Waals surface area contributed by atoms with E-state index in [1.54, 1.807) is 0 Å². The van der Waals surface area contributed by atoms with Gasteiger partial charge >= 0.3 is 0 Å². The number of hydrogen-bond acceptors (Lipinski definition) is 5. The quantitative estimate of drug-likeness (QED) is 0.529. The predicted octanol–water partition coefficient (Wildman–Crippen LogP) is -3.73. The van der Waals surface area contributed by atoms with Crippen LogP contribution in [0.25, 0.3) is 0 Å². The summed E-state index contributed by atoms with van der Waals surface area (Å²) in [6, 6.07) is 12.0. The summed E-state index contributed by atoms with van der Waals surface area (Å²) in [5.41, 5.74) is 2.45. The van der Waals surface area contributed by atoms with Crippen LogP contribution in [0.5, 0.6) is 5.75 Å². The van der Waals surface area contributed by atoms with Gasteiger partial charge in [0.1, 0.15) is 24.3 Å². The second-order valence-electron chi connectivity index (χ2n) is 6.69. The SMILES string of the molecule is Cc1ccc(OCC(O)CN2CCN(c3ccccn3)CC2)cc1C.[Cl-].[Cl-]. The zero-order valence-corrected chi connectivity index (χ0v) is 17.3. The molecule has 0 radical (unpaired) electrons. The van der Waals surface area contributed by atoms with Crippen LogP contribution in [0.15, 0.2) is 42.6 Å². The zero-order chi connectivity index (χ0) is 17.6. The van der Waals surface area contributed by atoms with Crippen LogP contribution in [-0.4, -0.2) is 60.4 Å². The van der Waals surface area contributed by atoms with Crippen molar-refractivity contribution >= 4 is 5.82 Å². The van der Waals surface area contributed by atoms with Crippen molar-refractivity contribution in [1.82, 2.24) is 9.88 Å². The van der Waals surface area contributed by atoms with Gasteiger partial charge in [0.05, 0.1) is 0 Å². The van der Waals surface area contributed by atoms with E-state index in [0.717, 1.165) is 37.7 Å². The topological polar surface area (TPSA) is 48.8 Å². The minimum absolute atomic E-state index is 0. The van der Waals surface area contributed by atoms with Crippen molar-refractivity contribution in [2.45, 2.75) is 20.0 Å². The third kappa shape index (κ3) is 6.85. The van der Waals surface area contributed by atoms with E-state index in [1.807, 2.05) is 42.6 Å². The van der Waals surface area contributed by atoms with Gasteiger partial charge < -0.3 is 39.6 Å². The molecule has 5 nitrogen and oxygen atoms in total. The molecule has 2 aromatic rings. The van der Waals surface area contributed by atoms with Crippen molar-refractivity contribution in [3.8, 4) is 5.75 Å². The largest absolute Gasteiger partial charge is 1.00 e. The normalized spacial score (nSPS) is 15.4. The van der Waals surface area contributed by atoms with Crippen LogP contribution >= 0.6 is 0 Å². The summed E-state index contributed by atoms with van der Waals surface area (Å²) >= 11 is 0. The van der Waals surface area contributed by atoms with Crippen molar-refractivity contribution in [1.29, 1.82) is 0 Å². The fourth-order valence-corrected chi connectivity index (χ4v) is 3.05. The van der Waals surface area contributed by atoms with Crippen molar-refractivity contribution in [2.75, 3.05) is 44.2 Å². The molecular weight excluding hydrogens is 385 g/mol. The fraction of sp³-hybridized carbons (Fsp3) is 0.450. The molecule has 27 heavy (non-hydrogen) atoms. The summed E-state index contributed by atoms with van der Waals surface area (Å²) in [5.74, 6) is 1.85. The van der Waals surface area contributed by atoms with E-state index in [0.29, 0.717) is 13.2 Å². The van der Waals surface area contributed by atoms with Gasteiger partial charge in [-0.2, -0.15) is 0 Å². The summed E-state index contributed by atoms with van der Waals surface area (Å²) < 4.78 is 5.74. The van der Waals surface area contributed by atoms with Crippen molar-refractivity contribution < 1.29 is 34.7 Å². The molecule has 0 saturated carbocycles. The highest BCUT2D eigenvalue weighted by Crippen LogP contribution is 2.17. The van der Waals surface area contributed by atoms with E-state index in [9.17, 15) is 5.11 Å².